The molecule has 0 radical (unpaired) electrons. The molecular weight excluding hydrogens is 516 g/mol. The highest BCUT2D eigenvalue weighted by molar-refractivity contribution is 7.89. The molecule has 2 aromatic rings. The lowest BCUT2D eigenvalue weighted by molar-refractivity contribution is 0.105. The van der Waals surface area contributed by atoms with Crippen LogP contribution in [0.2, 0.25) is 0 Å². The zero-order chi connectivity index (χ0) is 28.0. The number of Topliss-reactive ketones (excluding diaryl/α,β-unsaturated/α-hetero) is 1. The van der Waals surface area contributed by atoms with Crippen molar-refractivity contribution in [2.75, 3.05) is 78.5 Å². The number of nitrogens with zero attached hydrogens (tertiary/aromatic N) is 3. The summed E-state index contributed by atoms with van der Waals surface area (Å²) in [6, 6.07) is 9.67. The fourth-order valence-corrected chi connectivity index (χ4v) is 6.14. The molecule has 1 N–H and O–H groups in total. The summed E-state index contributed by atoms with van der Waals surface area (Å²) in [4.78, 5) is 20.4. The molecule has 2 saturated heterocycles. The summed E-state index contributed by atoms with van der Waals surface area (Å²) in [6.45, 7) is 11.2. The first-order valence-electron chi connectivity index (χ1n) is 13.5. The number of sulfonamides is 1. The van der Waals surface area contributed by atoms with E-state index in [1.165, 1.54) is 24.3 Å². The van der Waals surface area contributed by atoms with Crippen molar-refractivity contribution in [3.05, 3.63) is 54.1 Å². The van der Waals surface area contributed by atoms with Crippen LogP contribution in [0.4, 0.5) is 5.69 Å². The number of hydrogen-bond acceptors (Lipinski definition) is 8. The van der Waals surface area contributed by atoms with Gasteiger partial charge in [0.1, 0.15) is 11.5 Å². The number of carbonyl (C=O) groups excluding carboxylic acids is 1. The molecule has 0 saturated carbocycles. The van der Waals surface area contributed by atoms with E-state index in [1.807, 2.05) is 6.07 Å². The van der Waals surface area contributed by atoms with Crippen LogP contribution in [0, 0.1) is 0 Å². The Morgan fingerprint density at radius 2 is 1.59 bits per heavy atom. The van der Waals surface area contributed by atoms with Crippen LogP contribution < -0.4 is 19.1 Å². The van der Waals surface area contributed by atoms with E-state index in [-0.39, 0.29) is 16.3 Å². The number of ketones is 1. The summed E-state index contributed by atoms with van der Waals surface area (Å²) in [5.41, 5.74) is 2.12. The summed E-state index contributed by atoms with van der Waals surface area (Å²) >= 11 is 0. The van der Waals surface area contributed by atoms with Crippen LogP contribution in [0.1, 0.15) is 35.2 Å². The number of ether oxygens (including phenoxy) is 2. The van der Waals surface area contributed by atoms with Gasteiger partial charge in [-0.25, -0.2) is 13.1 Å². The minimum Gasteiger partial charge on any atom is -0.496 e. The number of piperazine rings is 1. The van der Waals surface area contributed by atoms with Gasteiger partial charge < -0.3 is 24.2 Å². The number of benzene rings is 2. The maximum atomic E-state index is 13.4. The Hall–Kier alpha value is -2.92. The number of methoxy groups -OCH3 is 2. The topological polar surface area (TPSA) is 91.4 Å². The molecule has 2 aliphatic heterocycles. The van der Waals surface area contributed by atoms with Gasteiger partial charge in [0.15, 0.2) is 5.78 Å². The SMILES string of the molecule is C=C(C(=O)c1ccc(S(=O)(=O)NCCCN2CCN(C)CC2)cc1)c1cc(N2CCCC2)c(OC)cc1OC. The molecular formula is C29H40N4O5S. The van der Waals surface area contributed by atoms with Gasteiger partial charge in [0, 0.05) is 68.6 Å². The first-order chi connectivity index (χ1) is 18.7. The second-order valence-electron chi connectivity index (χ2n) is 10.1. The minimum absolute atomic E-state index is 0.127. The van der Waals surface area contributed by atoms with Crippen molar-refractivity contribution in [2.45, 2.75) is 24.2 Å². The van der Waals surface area contributed by atoms with Crippen LogP contribution in [0.5, 0.6) is 11.5 Å². The molecule has 212 valence electrons. The number of rotatable bonds is 12. The van der Waals surface area contributed by atoms with Crippen molar-refractivity contribution in [3.8, 4) is 11.5 Å². The Bertz CT molecular complexity index is 1270. The number of hydrogen-bond donors (Lipinski definition) is 1. The Labute approximate surface area is 232 Å². The van der Waals surface area contributed by atoms with Gasteiger partial charge in [-0.2, -0.15) is 0 Å². The number of likely N-dealkylation sites (N-methyl/N-ethyl adjacent to an activating group) is 1. The molecule has 2 aromatic carbocycles. The van der Waals surface area contributed by atoms with Gasteiger partial charge in [-0.05, 0) is 63.2 Å². The Balaban J connectivity index is 1.41. The van der Waals surface area contributed by atoms with Crippen LogP contribution >= 0.6 is 0 Å². The lowest BCUT2D eigenvalue weighted by Crippen LogP contribution is -2.45. The molecule has 0 bridgehead atoms. The maximum Gasteiger partial charge on any atom is 0.240 e. The summed E-state index contributed by atoms with van der Waals surface area (Å²) in [5.74, 6) is 0.881. The van der Waals surface area contributed by atoms with Crippen LogP contribution in [0.25, 0.3) is 5.57 Å². The predicted molar refractivity (Wildman–Crippen MR) is 155 cm³/mol. The standard InChI is InChI=1S/C29H40N4O5S/c1-22(25-20-26(33-14-5-6-15-33)28(38-4)21-27(25)37-3)29(34)23-8-10-24(11-9-23)39(35,36)30-12-7-13-32-18-16-31(2)17-19-32/h8-11,20-21,30H,1,5-7,12-19H2,2-4H3. The summed E-state index contributed by atoms with van der Waals surface area (Å²) in [6.07, 6.45) is 2.94. The molecule has 39 heavy (non-hydrogen) atoms. The van der Waals surface area contributed by atoms with Gasteiger partial charge >= 0.3 is 0 Å². The van der Waals surface area contributed by atoms with Crippen LogP contribution in [0.15, 0.2) is 47.9 Å². The molecule has 0 atom stereocenters. The molecule has 0 unspecified atom stereocenters. The molecule has 0 amide bonds. The molecule has 2 aliphatic rings. The molecule has 2 fully saturated rings. The first-order valence-corrected chi connectivity index (χ1v) is 15.0. The number of carbonyl (C=O) groups is 1. The highest BCUT2D eigenvalue weighted by Crippen LogP contribution is 2.40. The molecule has 9 nitrogen and oxygen atoms in total. The normalized spacial score (nSPS) is 16.8. The van der Waals surface area contributed by atoms with E-state index in [4.69, 9.17) is 9.47 Å². The quantitative estimate of drug-likeness (QED) is 0.242. The highest BCUT2D eigenvalue weighted by atomic mass is 32.2. The fourth-order valence-electron chi connectivity index (χ4n) is 5.07. The van der Waals surface area contributed by atoms with Crippen molar-refractivity contribution in [3.63, 3.8) is 0 Å². The van der Waals surface area contributed by atoms with Crippen molar-refractivity contribution < 1.29 is 22.7 Å². The number of allylic oxidation sites excluding steroid dienone is 1. The highest BCUT2D eigenvalue weighted by Gasteiger charge is 2.24. The third kappa shape index (κ3) is 7.00. The van der Waals surface area contributed by atoms with Gasteiger partial charge in [0.2, 0.25) is 10.0 Å². The van der Waals surface area contributed by atoms with Gasteiger partial charge in [0.25, 0.3) is 0 Å². The van der Waals surface area contributed by atoms with Crippen molar-refractivity contribution >= 4 is 27.1 Å². The van der Waals surface area contributed by atoms with E-state index in [0.717, 1.165) is 70.8 Å². The third-order valence-electron chi connectivity index (χ3n) is 7.51. The van der Waals surface area contributed by atoms with Gasteiger partial charge in [0.05, 0.1) is 24.8 Å². The first kappa shape index (κ1) is 29.1. The molecule has 10 heteroatoms. The molecule has 0 spiro atoms. The molecule has 4 rings (SSSR count). The Morgan fingerprint density at radius 3 is 2.21 bits per heavy atom. The van der Waals surface area contributed by atoms with E-state index in [9.17, 15) is 13.2 Å². The van der Waals surface area contributed by atoms with E-state index >= 15 is 0 Å². The number of anilines is 1. The second kappa shape index (κ2) is 13.0. The van der Waals surface area contributed by atoms with Crippen molar-refractivity contribution in [2.24, 2.45) is 0 Å². The van der Waals surface area contributed by atoms with Crippen LogP contribution in [-0.2, 0) is 10.0 Å². The van der Waals surface area contributed by atoms with Gasteiger partial charge in [-0.3, -0.25) is 4.79 Å². The average Bonchev–Trinajstić information content (AvgIpc) is 3.50. The fraction of sp³-hybridized carbons (Fsp3) is 0.483. The molecule has 0 aromatic heterocycles. The zero-order valence-electron chi connectivity index (χ0n) is 23.2. The predicted octanol–water partition coefficient (Wildman–Crippen LogP) is 3.12. The second-order valence-corrected chi connectivity index (χ2v) is 11.9. The molecule has 2 heterocycles. The largest absolute Gasteiger partial charge is 0.496 e. The minimum atomic E-state index is -3.67. The molecule has 0 aliphatic carbocycles. The Morgan fingerprint density at radius 1 is 0.949 bits per heavy atom. The third-order valence-corrected chi connectivity index (χ3v) is 8.99. The monoisotopic (exact) mass is 556 g/mol. The summed E-state index contributed by atoms with van der Waals surface area (Å²) in [5, 5.41) is 0. The van der Waals surface area contributed by atoms with E-state index < -0.39 is 10.0 Å². The lowest BCUT2D eigenvalue weighted by Gasteiger charge is -2.32. The lowest BCUT2D eigenvalue weighted by atomic mass is 9.96. The van der Waals surface area contributed by atoms with E-state index in [2.05, 4.69) is 33.0 Å². The summed E-state index contributed by atoms with van der Waals surface area (Å²) < 4.78 is 39.4. The average molecular weight is 557 g/mol. The van der Waals surface area contributed by atoms with Gasteiger partial charge in [-0.1, -0.05) is 6.58 Å². The van der Waals surface area contributed by atoms with Crippen molar-refractivity contribution in [1.29, 1.82) is 0 Å². The number of nitrogens with one attached hydrogen (secondary N) is 1. The summed E-state index contributed by atoms with van der Waals surface area (Å²) in [7, 11) is 1.60. The van der Waals surface area contributed by atoms with Crippen LogP contribution in [0.3, 0.4) is 0 Å². The maximum absolute atomic E-state index is 13.4. The van der Waals surface area contributed by atoms with Gasteiger partial charge in [-0.15, -0.1) is 0 Å². The smallest absolute Gasteiger partial charge is 0.240 e. The van der Waals surface area contributed by atoms with E-state index in [1.54, 1.807) is 20.3 Å². The Kier molecular flexibility index (Phi) is 9.66. The van der Waals surface area contributed by atoms with Crippen molar-refractivity contribution in [1.82, 2.24) is 14.5 Å². The van der Waals surface area contributed by atoms with E-state index in [0.29, 0.717) is 29.2 Å². The zero-order valence-corrected chi connectivity index (χ0v) is 24.1. The van der Waals surface area contributed by atoms with Crippen LogP contribution in [-0.4, -0.2) is 97.6 Å².